The van der Waals surface area contributed by atoms with Crippen LogP contribution in [0.4, 0.5) is 0 Å². The second-order valence-electron chi connectivity index (χ2n) is 6.57. The summed E-state index contributed by atoms with van der Waals surface area (Å²) in [5, 5.41) is 1.01. The van der Waals surface area contributed by atoms with E-state index in [1.807, 2.05) is 30.3 Å². The Kier molecular flexibility index (Phi) is 6.58. The molecule has 0 amide bonds. The normalized spacial score (nSPS) is 12.6. The lowest BCUT2D eigenvalue weighted by molar-refractivity contribution is 0.0468. The van der Waals surface area contributed by atoms with Crippen molar-refractivity contribution in [2.24, 2.45) is 0 Å². The molecule has 0 fully saturated rings. The Hall–Kier alpha value is -2.81. The number of ether oxygens (including phenoxy) is 2. The third kappa shape index (κ3) is 5.38. The number of methoxy groups -OCH3 is 1. The van der Waals surface area contributed by atoms with Gasteiger partial charge in [-0.05, 0) is 43.3 Å². The number of nitrogens with zero attached hydrogens (tertiary/aromatic N) is 1. The third-order valence-corrected chi connectivity index (χ3v) is 5.79. The maximum atomic E-state index is 12.3. The van der Waals surface area contributed by atoms with Gasteiger partial charge in [0.05, 0.1) is 28.3 Å². The van der Waals surface area contributed by atoms with Crippen molar-refractivity contribution in [3.8, 4) is 0 Å². The number of para-hydroxylation sites is 1. The van der Waals surface area contributed by atoms with Gasteiger partial charge in [0.1, 0.15) is 6.61 Å². The Morgan fingerprint density at radius 1 is 1.07 bits per heavy atom. The van der Waals surface area contributed by atoms with Crippen LogP contribution in [0.25, 0.3) is 10.9 Å². The fourth-order valence-corrected chi connectivity index (χ4v) is 4.03. The van der Waals surface area contributed by atoms with Crippen molar-refractivity contribution in [2.75, 3.05) is 13.7 Å². The third-order valence-electron chi connectivity index (χ3n) is 4.18. The number of sulfonamides is 1. The van der Waals surface area contributed by atoms with Gasteiger partial charge in [-0.15, -0.1) is 0 Å². The summed E-state index contributed by atoms with van der Waals surface area (Å²) in [5.41, 5.74) is 1.72. The highest BCUT2D eigenvalue weighted by Crippen LogP contribution is 2.15. The van der Waals surface area contributed by atoms with E-state index < -0.39 is 16.0 Å². The second-order valence-corrected chi connectivity index (χ2v) is 8.29. The molecule has 0 aliphatic carbocycles. The minimum absolute atomic E-state index is 0.0276. The van der Waals surface area contributed by atoms with Gasteiger partial charge >= 0.3 is 5.97 Å². The van der Waals surface area contributed by atoms with Crippen molar-refractivity contribution >= 4 is 26.9 Å². The van der Waals surface area contributed by atoms with E-state index in [1.165, 1.54) is 31.4 Å². The molecule has 1 heterocycles. The predicted octanol–water partition coefficient (Wildman–Crippen LogP) is 2.91. The summed E-state index contributed by atoms with van der Waals surface area (Å²) in [5.74, 6) is -0.551. The number of hydrogen-bond acceptors (Lipinski definition) is 6. The number of nitrogens with one attached hydrogen (secondary N) is 1. The molecule has 0 radical (unpaired) electrons. The molecule has 0 unspecified atom stereocenters. The van der Waals surface area contributed by atoms with Gasteiger partial charge in [0.25, 0.3) is 0 Å². The van der Waals surface area contributed by atoms with E-state index in [0.29, 0.717) is 5.69 Å². The molecule has 0 aliphatic heterocycles. The average Bonchev–Trinajstić information content (AvgIpc) is 2.71. The molecule has 152 valence electrons. The van der Waals surface area contributed by atoms with Gasteiger partial charge in [-0.25, -0.2) is 22.9 Å². The highest BCUT2D eigenvalue weighted by atomic mass is 32.2. The van der Waals surface area contributed by atoms with E-state index in [9.17, 15) is 13.2 Å². The van der Waals surface area contributed by atoms with E-state index in [1.54, 1.807) is 13.0 Å². The molecule has 1 aromatic heterocycles. The van der Waals surface area contributed by atoms with Crippen LogP contribution in [0.1, 0.15) is 23.0 Å². The van der Waals surface area contributed by atoms with E-state index >= 15 is 0 Å². The van der Waals surface area contributed by atoms with Gasteiger partial charge in [0.2, 0.25) is 10.0 Å². The van der Waals surface area contributed by atoms with Crippen LogP contribution in [0.15, 0.2) is 65.6 Å². The van der Waals surface area contributed by atoms with Crippen LogP contribution in [-0.4, -0.2) is 39.1 Å². The van der Waals surface area contributed by atoms with Crippen molar-refractivity contribution in [1.29, 1.82) is 0 Å². The highest BCUT2D eigenvalue weighted by Gasteiger charge is 2.18. The fourth-order valence-electron chi connectivity index (χ4n) is 2.80. The first kappa shape index (κ1) is 20.9. The Balaban J connectivity index is 1.63. The number of hydrogen-bond donors (Lipinski definition) is 1. The summed E-state index contributed by atoms with van der Waals surface area (Å²) in [6.07, 6.45) is 0. The Labute approximate surface area is 169 Å². The molecule has 1 atom stereocenters. The largest absolute Gasteiger partial charge is 0.456 e. The SMILES string of the molecule is COC[C@H](C)NS(=O)(=O)c1ccc(C(=O)OCc2ccc3ccccc3n2)cc1. The molecule has 0 saturated carbocycles. The maximum Gasteiger partial charge on any atom is 0.338 e. The van der Waals surface area contributed by atoms with Crippen molar-refractivity contribution in [3.63, 3.8) is 0 Å². The summed E-state index contributed by atoms with van der Waals surface area (Å²) in [7, 11) is -2.19. The number of esters is 1. The molecule has 0 bridgehead atoms. The molecule has 8 heteroatoms. The molecule has 7 nitrogen and oxygen atoms in total. The molecule has 0 aliphatic rings. The number of rotatable bonds is 8. The van der Waals surface area contributed by atoms with Crippen LogP contribution >= 0.6 is 0 Å². The van der Waals surface area contributed by atoms with Gasteiger partial charge in [-0.2, -0.15) is 0 Å². The van der Waals surface area contributed by atoms with Crippen LogP contribution < -0.4 is 4.72 Å². The Morgan fingerprint density at radius 2 is 1.79 bits per heavy atom. The van der Waals surface area contributed by atoms with Crippen molar-refractivity contribution in [2.45, 2.75) is 24.5 Å². The van der Waals surface area contributed by atoms with Crippen LogP contribution in [0.2, 0.25) is 0 Å². The summed E-state index contributed by atoms with van der Waals surface area (Å²) in [6.45, 7) is 1.99. The van der Waals surface area contributed by atoms with E-state index in [0.717, 1.165) is 10.9 Å². The van der Waals surface area contributed by atoms with Gasteiger partial charge in [0.15, 0.2) is 0 Å². The lowest BCUT2D eigenvalue weighted by atomic mass is 10.2. The molecule has 1 N–H and O–H groups in total. The van der Waals surface area contributed by atoms with Crippen LogP contribution in [0.3, 0.4) is 0 Å². The second kappa shape index (κ2) is 9.13. The number of fused-ring (bicyclic) bond motifs is 1. The van der Waals surface area contributed by atoms with Crippen LogP contribution in [0, 0.1) is 0 Å². The minimum Gasteiger partial charge on any atom is -0.456 e. The molecule has 3 rings (SSSR count). The van der Waals surface area contributed by atoms with E-state index in [4.69, 9.17) is 9.47 Å². The Bertz CT molecular complexity index is 1100. The zero-order valence-corrected chi connectivity index (χ0v) is 17.0. The molecule has 0 spiro atoms. The van der Waals surface area contributed by atoms with Crippen LogP contribution in [0.5, 0.6) is 0 Å². The number of carbonyl (C=O) groups is 1. The zero-order valence-electron chi connectivity index (χ0n) is 16.2. The van der Waals surface area contributed by atoms with Gasteiger partial charge in [0, 0.05) is 18.5 Å². The van der Waals surface area contributed by atoms with Gasteiger partial charge < -0.3 is 9.47 Å². The monoisotopic (exact) mass is 414 g/mol. The summed E-state index contributed by atoms with van der Waals surface area (Å²) >= 11 is 0. The molecule has 2 aromatic carbocycles. The summed E-state index contributed by atoms with van der Waals surface area (Å²) < 4.78 is 37.4. The standard InChI is InChI=1S/C21H22N2O5S/c1-15(13-27-2)23-29(25,26)19-11-8-17(9-12-19)21(24)28-14-18-10-7-16-5-3-4-6-20(16)22-18/h3-12,15,23H,13-14H2,1-2H3/t15-/m0/s1. The van der Waals surface area contributed by atoms with Crippen molar-refractivity contribution < 1.29 is 22.7 Å². The summed E-state index contributed by atoms with van der Waals surface area (Å²) in [6, 6.07) is 16.6. The van der Waals surface area contributed by atoms with Crippen molar-refractivity contribution in [1.82, 2.24) is 9.71 Å². The number of pyridine rings is 1. The first-order valence-electron chi connectivity index (χ1n) is 9.02. The molecular weight excluding hydrogens is 392 g/mol. The molecule has 3 aromatic rings. The van der Waals surface area contributed by atoms with Crippen molar-refractivity contribution in [3.05, 3.63) is 71.9 Å². The first-order valence-corrected chi connectivity index (χ1v) is 10.5. The van der Waals surface area contributed by atoms with E-state index in [2.05, 4.69) is 9.71 Å². The maximum absolute atomic E-state index is 12.3. The summed E-state index contributed by atoms with van der Waals surface area (Å²) in [4.78, 5) is 16.8. The van der Waals surface area contributed by atoms with Gasteiger partial charge in [-0.1, -0.05) is 24.3 Å². The average molecular weight is 414 g/mol. The lowest BCUT2D eigenvalue weighted by Gasteiger charge is -2.13. The van der Waals surface area contributed by atoms with Gasteiger partial charge in [-0.3, -0.25) is 0 Å². The molecular formula is C21H22N2O5S. The quantitative estimate of drug-likeness (QED) is 0.570. The number of benzene rings is 2. The topological polar surface area (TPSA) is 94.6 Å². The molecule has 0 saturated heterocycles. The minimum atomic E-state index is -3.69. The zero-order chi connectivity index (χ0) is 20.9. The highest BCUT2D eigenvalue weighted by molar-refractivity contribution is 7.89. The number of aromatic nitrogens is 1. The number of carbonyl (C=O) groups excluding carboxylic acids is 1. The predicted molar refractivity (Wildman–Crippen MR) is 109 cm³/mol. The van der Waals surface area contributed by atoms with Crippen LogP contribution in [-0.2, 0) is 26.1 Å². The first-order chi connectivity index (χ1) is 13.9. The fraction of sp³-hybridized carbons (Fsp3) is 0.238. The smallest absolute Gasteiger partial charge is 0.338 e. The lowest BCUT2D eigenvalue weighted by Crippen LogP contribution is -2.35. The molecule has 29 heavy (non-hydrogen) atoms. The van der Waals surface area contributed by atoms with E-state index in [-0.39, 0.29) is 29.7 Å². The Morgan fingerprint density at radius 3 is 2.52 bits per heavy atom.